The van der Waals surface area contributed by atoms with Gasteiger partial charge in [0.15, 0.2) is 0 Å². The van der Waals surface area contributed by atoms with E-state index in [9.17, 15) is 4.79 Å². The van der Waals surface area contributed by atoms with Crippen molar-refractivity contribution in [3.63, 3.8) is 0 Å². The van der Waals surface area contributed by atoms with Crippen LogP contribution < -0.4 is 10.6 Å². The first-order valence-electron chi connectivity index (χ1n) is 6.57. The van der Waals surface area contributed by atoms with Crippen LogP contribution in [0.2, 0.25) is 0 Å². The summed E-state index contributed by atoms with van der Waals surface area (Å²) in [5.74, 6) is 0.0924. The van der Waals surface area contributed by atoms with E-state index in [4.69, 9.17) is 0 Å². The summed E-state index contributed by atoms with van der Waals surface area (Å²) in [5.41, 5.74) is 5.88. The van der Waals surface area contributed by atoms with Crippen molar-refractivity contribution < 1.29 is 4.79 Å². The molecular weight excluding hydrogens is 236 g/mol. The highest BCUT2D eigenvalue weighted by Crippen LogP contribution is 2.36. The van der Waals surface area contributed by atoms with E-state index in [0.29, 0.717) is 12.5 Å². The molecule has 94 valence electrons. The van der Waals surface area contributed by atoms with Crippen LogP contribution in [0.25, 0.3) is 0 Å². The van der Waals surface area contributed by atoms with Crippen molar-refractivity contribution in [1.82, 2.24) is 0 Å². The normalized spacial score (nSPS) is 19.6. The first kappa shape index (κ1) is 10.6. The largest absolute Gasteiger partial charge is 0.378 e. The summed E-state index contributed by atoms with van der Waals surface area (Å²) >= 11 is 0. The minimum absolute atomic E-state index is 0.0924. The van der Waals surface area contributed by atoms with Gasteiger partial charge in [-0.15, -0.1) is 0 Å². The fourth-order valence-corrected chi connectivity index (χ4v) is 2.95. The highest BCUT2D eigenvalue weighted by atomic mass is 16.1. The summed E-state index contributed by atoms with van der Waals surface area (Å²) in [5, 5.41) is 6.46. The van der Waals surface area contributed by atoms with Crippen LogP contribution in [0.5, 0.6) is 0 Å². The molecule has 0 fully saturated rings. The predicted molar refractivity (Wildman–Crippen MR) is 75.3 cm³/mol. The molecule has 0 bridgehead atoms. The van der Waals surface area contributed by atoms with Gasteiger partial charge in [0.05, 0.1) is 12.5 Å². The third kappa shape index (κ3) is 1.70. The molecule has 0 saturated carbocycles. The summed E-state index contributed by atoms with van der Waals surface area (Å²) in [6.07, 6.45) is 1.51. The van der Waals surface area contributed by atoms with Crippen LogP contribution in [0.3, 0.4) is 0 Å². The van der Waals surface area contributed by atoms with E-state index < -0.39 is 0 Å². The third-order valence-corrected chi connectivity index (χ3v) is 3.93. The van der Waals surface area contributed by atoms with E-state index in [1.807, 2.05) is 0 Å². The molecule has 0 aliphatic carbocycles. The Morgan fingerprint density at radius 3 is 2.79 bits per heavy atom. The Bertz CT molecular complexity index is 653. The second-order valence-corrected chi connectivity index (χ2v) is 5.20. The van der Waals surface area contributed by atoms with Crippen molar-refractivity contribution in [3.8, 4) is 0 Å². The molecule has 0 spiro atoms. The van der Waals surface area contributed by atoms with Gasteiger partial charge in [0, 0.05) is 11.4 Å². The van der Waals surface area contributed by atoms with E-state index in [1.54, 1.807) is 0 Å². The number of hydrogen-bond acceptors (Lipinski definition) is 2. The minimum Gasteiger partial charge on any atom is -0.378 e. The van der Waals surface area contributed by atoms with Crippen molar-refractivity contribution in [1.29, 1.82) is 0 Å². The monoisotopic (exact) mass is 250 g/mol. The predicted octanol–water partition coefficient (Wildman–Crippen LogP) is 2.89. The van der Waals surface area contributed by atoms with E-state index in [-0.39, 0.29) is 5.91 Å². The van der Waals surface area contributed by atoms with Crippen molar-refractivity contribution in [3.05, 3.63) is 59.2 Å². The molecule has 2 aromatic rings. The standard InChI is InChI=1S/C16H14N2O/c19-16-9-12-6-5-11(8-15(12)18-16)14-7-10-3-1-2-4-13(10)17-14/h1-6,8,14,17H,7,9H2,(H,18,19). The molecule has 2 N–H and O–H groups in total. The molecule has 2 heterocycles. The number of carbonyl (C=O) groups is 1. The van der Waals surface area contributed by atoms with Gasteiger partial charge < -0.3 is 10.6 Å². The molecule has 2 aliphatic heterocycles. The zero-order chi connectivity index (χ0) is 12.8. The van der Waals surface area contributed by atoms with E-state index >= 15 is 0 Å². The van der Waals surface area contributed by atoms with Crippen LogP contribution in [0.4, 0.5) is 11.4 Å². The molecule has 1 unspecified atom stereocenters. The molecular formula is C16H14N2O. The van der Waals surface area contributed by atoms with Crippen molar-refractivity contribution in [2.45, 2.75) is 18.9 Å². The zero-order valence-corrected chi connectivity index (χ0v) is 10.4. The topological polar surface area (TPSA) is 41.1 Å². The third-order valence-electron chi connectivity index (χ3n) is 3.93. The Labute approximate surface area is 111 Å². The lowest BCUT2D eigenvalue weighted by atomic mass is 10.0. The molecule has 1 atom stereocenters. The van der Waals surface area contributed by atoms with Gasteiger partial charge >= 0.3 is 0 Å². The van der Waals surface area contributed by atoms with Crippen molar-refractivity contribution in [2.75, 3.05) is 10.6 Å². The first-order valence-corrected chi connectivity index (χ1v) is 6.57. The lowest BCUT2D eigenvalue weighted by Gasteiger charge is -2.13. The Morgan fingerprint density at radius 1 is 1.00 bits per heavy atom. The Balaban J connectivity index is 1.66. The van der Waals surface area contributed by atoms with Gasteiger partial charge in [-0.1, -0.05) is 30.3 Å². The molecule has 3 heteroatoms. The molecule has 1 amide bonds. The van der Waals surface area contributed by atoms with Gasteiger partial charge in [-0.2, -0.15) is 0 Å². The first-order chi connectivity index (χ1) is 9.29. The summed E-state index contributed by atoms with van der Waals surface area (Å²) in [4.78, 5) is 11.4. The number of benzene rings is 2. The van der Waals surface area contributed by atoms with Gasteiger partial charge in [-0.25, -0.2) is 0 Å². The number of carbonyl (C=O) groups excluding carboxylic acids is 1. The maximum Gasteiger partial charge on any atom is 0.228 e. The molecule has 4 rings (SSSR count). The van der Waals surface area contributed by atoms with Gasteiger partial charge in [-0.05, 0) is 35.2 Å². The molecule has 2 aliphatic rings. The maximum atomic E-state index is 11.4. The van der Waals surface area contributed by atoms with E-state index in [1.165, 1.54) is 16.8 Å². The maximum absolute atomic E-state index is 11.4. The second-order valence-electron chi connectivity index (χ2n) is 5.20. The van der Waals surface area contributed by atoms with Crippen LogP contribution in [0.15, 0.2) is 42.5 Å². The van der Waals surface area contributed by atoms with Crippen LogP contribution in [0, 0.1) is 0 Å². The number of nitrogens with one attached hydrogen (secondary N) is 2. The fourth-order valence-electron chi connectivity index (χ4n) is 2.95. The van der Waals surface area contributed by atoms with Gasteiger partial charge in [0.2, 0.25) is 5.91 Å². The summed E-state index contributed by atoms with van der Waals surface area (Å²) in [6.45, 7) is 0. The lowest BCUT2D eigenvalue weighted by Crippen LogP contribution is -2.06. The fraction of sp³-hybridized carbons (Fsp3) is 0.188. The number of rotatable bonds is 1. The average Bonchev–Trinajstić information content (AvgIpc) is 2.99. The van der Waals surface area contributed by atoms with Crippen LogP contribution >= 0.6 is 0 Å². The van der Waals surface area contributed by atoms with E-state index in [2.05, 4.69) is 53.1 Å². The Kier molecular flexibility index (Phi) is 2.15. The number of amides is 1. The van der Waals surface area contributed by atoms with Gasteiger partial charge in [0.1, 0.15) is 0 Å². The van der Waals surface area contributed by atoms with Gasteiger partial charge in [-0.3, -0.25) is 4.79 Å². The smallest absolute Gasteiger partial charge is 0.228 e. The van der Waals surface area contributed by atoms with Crippen molar-refractivity contribution in [2.24, 2.45) is 0 Å². The quantitative estimate of drug-likeness (QED) is 0.817. The van der Waals surface area contributed by atoms with E-state index in [0.717, 1.165) is 17.7 Å². The summed E-state index contributed by atoms with van der Waals surface area (Å²) in [7, 11) is 0. The highest BCUT2D eigenvalue weighted by molar-refractivity contribution is 5.99. The molecule has 0 aromatic heterocycles. The second kappa shape index (κ2) is 3.85. The Morgan fingerprint density at radius 2 is 1.89 bits per heavy atom. The summed E-state index contributed by atoms with van der Waals surface area (Å²) < 4.78 is 0. The number of fused-ring (bicyclic) bond motifs is 2. The Hall–Kier alpha value is -2.29. The van der Waals surface area contributed by atoms with Crippen LogP contribution in [-0.4, -0.2) is 5.91 Å². The number of anilines is 2. The number of hydrogen-bond donors (Lipinski definition) is 2. The molecule has 0 radical (unpaired) electrons. The molecule has 0 saturated heterocycles. The molecule has 2 aromatic carbocycles. The average molecular weight is 250 g/mol. The van der Waals surface area contributed by atoms with Crippen molar-refractivity contribution >= 4 is 17.3 Å². The highest BCUT2D eigenvalue weighted by Gasteiger charge is 2.24. The number of para-hydroxylation sites is 1. The zero-order valence-electron chi connectivity index (χ0n) is 10.4. The lowest BCUT2D eigenvalue weighted by molar-refractivity contribution is -0.115. The molecule has 3 nitrogen and oxygen atoms in total. The van der Waals surface area contributed by atoms with Crippen LogP contribution in [0.1, 0.15) is 22.7 Å². The minimum atomic E-state index is 0.0924. The summed E-state index contributed by atoms with van der Waals surface area (Å²) in [6, 6.07) is 15.0. The van der Waals surface area contributed by atoms with Gasteiger partial charge in [0.25, 0.3) is 0 Å². The van der Waals surface area contributed by atoms with Crippen LogP contribution in [-0.2, 0) is 17.6 Å². The SMILES string of the molecule is O=C1Cc2ccc(C3Cc4ccccc4N3)cc2N1. The molecule has 19 heavy (non-hydrogen) atoms.